The van der Waals surface area contributed by atoms with Crippen molar-refractivity contribution in [2.24, 2.45) is 0 Å². The lowest BCUT2D eigenvalue weighted by Gasteiger charge is -2.39. The van der Waals surface area contributed by atoms with Crippen LogP contribution in [-0.4, -0.2) is 46.9 Å². The van der Waals surface area contributed by atoms with E-state index in [0.717, 1.165) is 32.0 Å². The average molecular weight is 366 g/mol. The van der Waals surface area contributed by atoms with Crippen molar-refractivity contribution < 1.29 is 4.74 Å². The largest absolute Gasteiger partial charge is 0.478 e. The van der Waals surface area contributed by atoms with E-state index < -0.39 is 0 Å². The van der Waals surface area contributed by atoms with E-state index in [2.05, 4.69) is 79.2 Å². The van der Waals surface area contributed by atoms with Gasteiger partial charge in [-0.3, -0.25) is 4.90 Å². The molecule has 0 atom stereocenters. The van der Waals surface area contributed by atoms with Crippen molar-refractivity contribution in [3.8, 4) is 5.88 Å². The van der Waals surface area contributed by atoms with Gasteiger partial charge in [-0.2, -0.15) is 4.37 Å². The Morgan fingerprint density at radius 2 is 1.42 bits per heavy atom. The zero-order valence-corrected chi connectivity index (χ0v) is 15.6. The molecule has 0 bridgehead atoms. The molecule has 0 amide bonds. The van der Waals surface area contributed by atoms with Crippen molar-refractivity contribution in [2.45, 2.75) is 6.04 Å². The topological polar surface area (TPSA) is 41.5 Å². The number of hydrogen-bond acceptors (Lipinski definition) is 6. The molecular weight excluding hydrogens is 344 g/mol. The highest BCUT2D eigenvalue weighted by atomic mass is 32.1. The predicted octanol–water partition coefficient (Wildman–Crippen LogP) is 3.46. The Hall–Kier alpha value is -2.44. The molecule has 1 saturated heterocycles. The lowest BCUT2D eigenvalue weighted by atomic mass is 9.96. The molecule has 5 nitrogen and oxygen atoms in total. The van der Waals surface area contributed by atoms with E-state index in [1.54, 1.807) is 7.11 Å². The SMILES string of the molecule is COc1nsnc1N1CCN(C(c2ccccc2)c2ccccc2)CC1. The molecule has 0 spiro atoms. The molecule has 0 saturated carbocycles. The highest BCUT2D eigenvalue weighted by molar-refractivity contribution is 6.99. The molecule has 4 rings (SSSR count). The first-order chi connectivity index (χ1) is 12.9. The van der Waals surface area contributed by atoms with Crippen molar-refractivity contribution in [2.75, 3.05) is 38.2 Å². The van der Waals surface area contributed by atoms with Gasteiger partial charge in [0.15, 0.2) is 0 Å². The summed E-state index contributed by atoms with van der Waals surface area (Å²) in [5.74, 6) is 1.50. The maximum absolute atomic E-state index is 5.33. The first-order valence-corrected chi connectivity index (χ1v) is 9.55. The Balaban J connectivity index is 1.55. The molecule has 2 heterocycles. The van der Waals surface area contributed by atoms with Crippen LogP contribution in [0, 0.1) is 0 Å². The monoisotopic (exact) mass is 366 g/mol. The first-order valence-electron chi connectivity index (χ1n) is 8.82. The van der Waals surface area contributed by atoms with Crippen LogP contribution in [-0.2, 0) is 0 Å². The smallest absolute Gasteiger partial charge is 0.270 e. The maximum atomic E-state index is 5.33. The van der Waals surface area contributed by atoms with E-state index in [1.165, 1.54) is 22.9 Å². The summed E-state index contributed by atoms with van der Waals surface area (Å²) in [6, 6.07) is 21.8. The van der Waals surface area contributed by atoms with Crippen LogP contribution in [0.2, 0.25) is 0 Å². The van der Waals surface area contributed by atoms with Crippen molar-refractivity contribution in [1.29, 1.82) is 0 Å². The lowest BCUT2D eigenvalue weighted by Crippen LogP contribution is -2.48. The third-order valence-electron chi connectivity index (χ3n) is 4.85. The van der Waals surface area contributed by atoms with Crippen LogP contribution < -0.4 is 9.64 Å². The minimum Gasteiger partial charge on any atom is -0.478 e. The zero-order chi connectivity index (χ0) is 17.8. The number of hydrogen-bond donors (Lipinski definition) is 0. The number of rotatable bonds is 5. The second-order valence-electron chi connectivity index (χ2n) is 6.34. The standard InChI is InChI=1S/C20H22N4OS/c1-25-20-19(21-26-22-20)24-14-12-23(13-15-24)18(16-8-4-2-5-9-16)17-10-6-3-7-11-17/h2-11,18H,12-15H2,1H3. The molecule has 1 aliphatic rings. The summed E-state index contributed by atoms with van der Waals surface area (Å²) in [7, 11) is 1.65. The van der Waals surface area contributed by atoms with E-state index in [9.17, 15) is 0 Å². The quantitative estimate of drug-likeness (QED) is 0.692. The summed E-state index contributed by atoms with van der Waals surface area (Å²) in [6.45, 7) is 3.76. The normalized spacial score (nSPS) is 15.4. The number of benzene rings is 2. The average Bonchev–Trinajstić information content (AvgIpc) is 3.19. The number of piperazine rings is 1. The highest BCUT2D eigenvalue weighted by Crippen LogP contribution is 2.31. The third kappa shape index (κ3) is 3.43. The third-order valence-corrected chi connectivity index (χ3v) is 5.35. The van der Waals surface area contributed by atoms with Gasteiger partial charge in [0.2, 0.25) is 5.82 Å². The molecule has 26 heavy (non-hydrogen) atoms. The molecule has 134 valence electrons. The van der Waals surface area contributed by atoms with Crippen molar-refractivity contribution in [3.63, 3.8) is 0 Å². The molecule has 0 unspecified atom stereocenters. The molecule has 6 heteroatoms. The van der Waals surface area contributed by atoms with Crippen LogP contribution in [0.4, 0.5) is 5.82 Å². The van der Waals surface area contributed by atoms with Gasteiger partial charge in [-0.15, -0.1) is 4.37 Å². The lowest BCUT2D eigenvalue weighted by molar-refractivity contribution is 0.211. The van der Waals surface area contributed by atoms with Gasteiger partial charge < -0.3 is 9.64 Å². The minimum absolute atomic E-state index is 0.273. The van der Waals surface area contributed by atoms with Crippen molar-refractivity contribution in [1.82, 2.24) is 13.6 Å². The van der Waals surface area contributed by atoms with Gasteiger partial charge in [0.05, 0.1) is 24.9 Å². The van der Waals surface area contributed by atoms with Crippen LogP contribution in [0.5, 0.6) is 5.88 Å². The van der Waals surface area contributed by atoms with E-state index in [0.29, 0.717) is 5.88 Å². The van der Waals surface area contributed by atoms with Crippen LogP contribution in [0.25, 0.3) is 0 Å². The van der Waals surface area contributed by atoms with Crippen LogP contribution in [0.15, 0.2) is 60.7 Å². The number of aromatic nitrogens is 2. The summed E-state index contributed by atoms with van der Waals surface area (Å²) in [4.78, 5) is 4.82. The van der Waals surface area contributed by atoms with Crippen molar-refractivity contribution in [3.05, 3.63) is 71.8 Å². The highest BCUT2D eigenvalue weighted by Gasteiger charge is 2.28. The minimum atomic E-state index is 0.273. The molecular formula is C20H22N4OS. The van der Waals surface area contributed by atoms with Crippen LogP contribution in [0.1, 0.15) is 17.2 Å². The van der Waals surface area contributed by atoms with Gasteiger partial charge in [0.25, 0.3) is 5.88 Å². The Morgan fingerprint density at radius 1 is 0.846 bits per heavy atom. The Morgan fingerprint density at radius 3 is 1.96 bits per heavy atom. The number of anilines is 1. The van der Waals surface area contributed by atoms with Crippen molar-refractivity contribution >= 4 is 17.5 Å². The van der Waals surface area contributed by atoms with E-state index >= 15 is 0 Å². The van der Waals surface area contributed by atoms with Gasteiger partial charge in [0.1, 0.15) is 0 Å². The van der Waals surface area contributed by atoms with Gasteiger partial charge in [-0.25, -0.2) is 0 Å². The van der Waals surface area contributed by atoms with E-state index in [4.69, 9.17) is 4.74 Å². The summed E-state index contributed by atoms with van der Waals surface area (Å²) in [5, 5.41) is 0. The Kier molecular flexibility index (Phi) is 5.13. The molecule has 1 aliphatic heterocycles. The second kappa shape index (κ2) is 7.85. The van der Waals surface area contributed by atoms with Crippen LogP contribution >= 0.6 is 11.7 Å². The fourth-order valence-electron chi connectivity index (χ4n) is 3.57. The molecule has 0 aliphatic carbocycles. The Bertz CT molecular complexity index is 777. The fraction of sp³-hybridized carbons (Fsp3) is 0.300. The van der Waals surface area contributed by atoms with E-state index in [1.807, 2.05) is 0 Å². The van der Waals surface area contributed by atoms with Crippen LogP contribution in [0.3, 0.4) is 0 Å². The molecule has 2 aromatic carbocycles. The summed E-state index contributed by atoms with van der Waals surface area (Å²) in [6.07, 6.45) is 0. The molecule has 1 fully saturated rings. The second-order valence-corrected chi connectivity index (χ2v) is 6.87. The fourth-order valence-corrected chi connectivity index (χ4v) is 4.12. The number of nitrogens with zero attached hydrogens (tertiary/aromatic N) is 4. The summed E-state index contributed by atoms with van der Waals surface area (Å²) in [5.41, 5.74) is 2.67. The number of methoxy groups -OCH3 is 1. The summed E-state index contributed by atoms with van der Waals surface area (Å²) >= 11 is 1.21. The molecule has 0 radical (unpaired) electrons. The maximum Gasteiger partial charge on any atom is 0.270 e. The van der Waals surface area contributed by atoms with Gasteiger partial charge in [0, 0.05) is 26.2 Å². The summed E-state index contributed by atoms with van der Waals surface area (Å²) < 4.78 is 14.0. The van der Waals surface area contributed by atoms with Gasteiger partial charge in [-0.05, 0) is 11.1 Å². The molecule has 1 aromatic heterocycles. The van der Waals surface area contributed by atoms with Gasteiger partial charge in [-0.1, -0.05) is 60.7 Å². The van der Waals surface area contributed by atoms with Gasteiger partial charge >= 0.3 is 0 Å². The molecule has 3 aromatic rings. The predicted molar refractivity (Wildman–Crippen MR) is 105 cm³/mol. The first kappa shape index (κ1) is 17.0. The van der Waals surface area contributed by atoms with E-state index in [-0.39, 0.29) is 6.04 Å². The number of ether oxygens (including phenoxy) is 1. The molecule has 0 N–H and O–H groups in total. The Labute approximate surface area is 158 Å². The zero-order valence-electron chi connectivity index (χ0n) is 14.8.